The molecule has 0 bridgehead atoms. The van der Waals surface area contributed by atoms with Gasteiger partial charge < -0.3 is 9.67 Å². The number of nitrogens with zero attached hydrogens (tertiary/aromatic N) is 1. The maximum Gasteiger partial charge on any atom is 0.352 e. The molecule has 0 saturated carbocycles. The van der Waals surface area contributed by atoms with Gasteiger partial charge in [-0.15, -0.1) is 0 Å². The van der Waals surface area contributed by atoms with Crippen LogP contribution in [0.25, 0.3) is 10.9 Å². The first kappa shape index (κ1) is 13.6. The highest BCUT2D eigenvalue weighted by atomic mass is 35.5. The summed E-state index contributed by atoms with van der Waals surface area (Å²) >= 11 is 5.95. The van der Waals surface area contributed by atoms with Crippen LogP contribution < -0.4 is 0 Å². The Morgan fingerprint density at radius 3 is 2.71 bits per heavy atom. The molecule has 0 unspecified atom stereocenters. The molecule has 3 aromatic rings. The largest absolute Gasteiger partial charge is 0.477 e. The van der Waals surface area contributed by atoms with Crippen LogP contribution in [0.2, 0.25) is 5.02 Å². The molecule has 5 heteroatoms. The number of carboxylic acid groups (broad SMARTS) is 1. The van der Waals surface area contributed by atoms with Gasteiger partial charge in [-0.25, -0.2) is 9.18 Å². The molecule has 1 aromatic heterocycles. The minimum atomic E-state index is -1.05. The fourth-order valence-corrected chi connectivity index (χ4v) is 2.62. The van der Waals surface area contributed by atoms with Gasteiger partial charge in [0.2, 0.25) is 0 Å². The van der Waals surface area contributed by atoms with Crippen molar-refractivity contribution in [1.29, 1.82) is 0 Å². The van der Waals surface area contributed by atoms with E-state index in [-0.39, 0.29) is 11.5 Å². The summed E-state index contributed by atoms with van der Waals surface area (Å²) < 4.78 is 14.9. The van der Waals surface area contributed by atoms with Crippen molar-refractivity contribution in [3.63, 3.8) is 0 Å². The van der Waals surface area contributed by atoms with Crippen molar-refractivity contribution in [2.45, 2.75) is 6.54 Å². The summed E-state index contributed by atoms with van der Waals surface area (Å²) in [6.07, 6.45) is 0. The molecular weight excluding hydrogens is 293 g/mol. The maximum atomic E-state index is 13.3. The van der Waals surface area contributed by atoms with Crippen LogP contribution in [0.1, 0.15) is 16.1 Å². The lowest BCUT2D eigenvalue weighted by Crippen LogP contribution is -2.09. The van der Waals surface area contributed by atoms with Gasteiger partial charge in [0.15, 0.2) is 0 Å². The molecule has 0 amide bonds. The number of hydrogen-bond acceptors (Lipinski definition) is 1. The number of halogens is 2. The summed E-state index contributed by atoms with van der Waals surface area (Å²) in [6.45, 7) is 0.358. The average Bonchev–Trinajstić information content (AvgIpc) is 2.77. The summed E-state index contributed by atoms with van der Waals surface area (Å²) in [5.74, 6) is -1.44. The Bertz CT molecular complexity index is 841. The van der Waals surface area contributed by atoms with Crippen LogP contribution in [-0.2, 0) is 6.54 Å². The van der Waals surface area contributed by atoms with Crippen molar-refractivity contribution < 1.29 is 14.3 Å². The molecule has 0 saturated heterocycles. The second-order valence-electron chi connectivity index (χ2n) is 4.75. The molecule has 0 aliphatic carbocycles. The molecular formula is C16H11ClFNO2. The SMILES string of the molecule is O=C(O)c1cc2cc(F)ccc2n1Cc1cccc(Cl)c1. The van der Waals surface area contributed by atoms with Crippen molar-refractivity contribution in [1.82, 2.24) is 4.57 Å². The summed E-state index contributed by atoms with van der Waals surface area (Å²) in [5, 5.41) is 10.5. The Kier molecular flexibility index (Phi) is 3.39. The lowest BCUT2D eigenvalue weighted by Gasteiger charge is -2.09. The highest BCUT2D eigenvalue weighted by molar-refractivity contribution is 6.30. The van der Waals surface area contributed by atoms with Crippen LogP contribution in [0.4, 0.5) is 4.39 Å². The maximum absolute atomic E-state index is 13.3. The monoisotopic (exact) mass is 303 g/mol. The van der Waals surface area contributed by atoms with Gasteiger partial charge in [-0.2, -0.15) is 0 Å². The molecule has 1 heterocycles. The summed E-state index contributed by atoms with van der Waals surface area (Å²) in [5.41, 5.74) is 1.68. The zero-order valence-electron chi connectivity index (χ0n) is 10.9. The van der Waals surface area contributed by atoms with Crippen molar-refractivity contribution >= 4 is 28.5 Å². The first-order chi connectivity index (χ1) is 10.0. The number of aromatic carboxylic acids is 1. The Morgan fingerprint density at radius 2 is 2.00 bits per heavy atom. The van der Waals surface area contributed by atoms with E-state index in [1.807, 2.05) is 12.1 Å². The smallest absolute Gasteiger partial charge is 0.352 e. The van der Waals surface area contributed by atoms with Crippen LogP contribution in [-0.4, -0.2) is 15.6 Å². The molecule has 3 nitrogen and oxygen atoms in total. The van der Waals surface area contributed by atoms with Crippen molar-refractivity contribution in [3.8, 4) is 0 Å². The van der Waals surface area contributed by atoms with E-state index in [0.717, 1.165) is 5.56 Å². The molecule has 0 aliphatic heterocycles. The van der Waals surface area contributed by atoms with Gasteiger partial charge in [-0.05, 0) is 42.0 Å². The van der Waals surface area contributed by atoms with E-state index in [1.54, 1.807) is 22.8 Å². The van der Waals surface area contributed by atoms with Gasteiger partial charge in [0.05, 0.1) is 0 Å². The lowest BCUT2D eigenvalue weighted by atomic mass is 10.2. The Morgan fingerprint density at radius 1 is 1.19 bits per heavy atom. The predicted octanol–water partition coefficient (Wildman–Crippen LogP) is 4.18. The van der Waals surface area contributed by atoms with Gasteiger partial charge in [0.25, 0.3) is 0 Å². The van der Waals surface area contributed by atoms with Crippen molar-refractivity contribution in [3.05, 3.63) is 70.6 Å². The minimum absolute atomic E-state index is 0.121. The third-order valence-electron chi connectivity index (χ3n) is 3.31. The molecule has 0 radical (unpaired) electrons. The van der Waals surface area contributed by atoms with E-state index < -0.39 is 5.97 Å². The van der Waals surface area contributed by atoms with Gasteiger partial charge in [-0.1, -0.05) is 23.7 Å². The van der Waals surface area contributed by atoms with Crippen LogP contribution in [0, 0.1) is 5.82 Å². The number of hydrogen-bond donors (Lipinski definition) is 1. The Balaban J connectivity index is 2.15. The molecule has 106 valence electrons. The molecule has 21 heavy (non-hydrogen) atoms. The highest BCUT2D eigenvalue weighted by Gasteiger charge is 2.15. The van der Waals surface area contributed by atoms with E-state index in [9.17, 15) is 14.3 Å². The molecule has 1 N–H and O–H groups in total. The second-order valence-corrected chi connectivity index (χ2v) is 5.19. The first-order valence-electron chi connectivity index (χ1n) is 6.31. The quantitative estimate of drug-likeness (QED) is 0.788. The van der Waals surface area contributed by atoms with E-state index >= 15 is 0 Å². The van der Waals surface area contributed by atoms with E-state index in [0.29, 0.717) is 22.5 Å². The summed E-state index contributed by atoms with van der Waals surface area (Å²) in [4.78, 5) is 11.4. The third kappa shape index (κ3) is 2.62. The first-order valence-corrected chi connectivity index (χ1v) is 6.69. The molecule has 0 spiro atoms. The zero-order valence-corrected chi connectivity index (χ0v) is 11.6. The van der Waals surface area contributed by atoms with Crippen molar-refractivity contribution in [2.75, 3.05) is 0 Å². The second kappa shape index (κ2) is 5.22. The number of carbonyl (C=O) groups is 1. The zero-order chi connectivity index (χ0) is 15.0. The molecule has 0 aliphatic rings. The summed E-state index contributed by atoms with van der Waals surface area (Å²) in [6, 6.07) is 12.9. The van der Waals surface area contributed by atoms with E-state index in [4.69, 9.17) is 11.6 Å². The van der Waals surface area contributed by atoms with Crippen LogP contribution in [0.3, 0.4) is 0 Å². The molecule has 0 fully saturated rings. The van der Waals surface area contributed by atoms with E-state index in [1.165, 1.54) is 18.2 Å². The van der Waals surface area contributed by atoms with Gasteiger partial charge >= 0.3 is 5.97 Å². The third-order valence-corrected chi connectivity index (χ3v) is 3.55. The fraction of sp³-hybridized carbons (Fsp3) is 0.0625. The van der Waals surface area contributed by atoms with E-state index in [2.05, 4.69) is 0 Å². The van der Waals surface area contributed by atoms with Gasteiger partial charge in [-0.3, -0.25) is 0 Å². The topological polar surface area (TPSA) is 42.2 Å². The number of carboxylic acids is 1. The standard InChI is InChI=1S/C16H11ClFNO2/c17-12-3-1-2-10(6-12)9-19-14-5-4-13(18)7-11(14)8-15(19)16(20)21/h1-8H,9H2,(H,20,21). The minimum Gasteiger partial charge on any atom is -0.477 e. The number of rotatable bonds is 3. The van der Waals surface area contributed by atoms with Crippen molar-refractivity contribution in [2.24, 2.45) is 0 Å². The number of aromatic nitrogens is 1. The number of benzene rings is 2. The molecule has 3 rings (SSSR count). The van der Waals surface area contributed by atoms with Gasteiger partial charge in [0.1, 0.15) is 11.5 Å². The average molecular weight is 304 g/mol. The molecule has 0 atom stereocenters. The summed E-state index contributed by atoms with van der Waals surface area (Å²) in [7, 11) is 0. The highest BCUT2D eigenvalue weighted by Crippen LogP contribution is 2.23. The Labute approximate surface area is 125 Å². The lowest BCUT2D eigenvalue weighted by molar-refractivity contribution is 0.0686. The van der Waals surface area contributed by atoms with Crippen LogP contribution in [0.5, 0.6) is 0 Å². The number of fused-ring (bicyclic) bond motifs is 1. The fourth-order valence-electron chi connectivity index (χ4n) is 2.41. The normalized spacial score (nSPS) is 11.0. The van der Waals surface area contributed by atoms with Crippen LogP contribution in [0.15, 0.2) is 48.5 Å². The Hall–Kier alpha value is -2.33. The van der Waals surface area contributed by atoms with Gasteiger partial charge in [0, 0.05) is 22.5 Å². The molecule has 2 aromatic carbocycles. The predicted molar refractivity (Wildman–Crippen MR) is 79.4 cm³/mol. The van der Waals surface area contributed by atoms with Crippen LogP contribution >= 0.6 is 11.6 Å².